The molecule has 35 heavy (non-hydrogen) atoms. The minimum absolute atomic E-state index is 0.100. The highest BCUT2D eigenvalue weighted by Crippen LogP contribution is 2.32. The molecule has 1 aromatic carbocycles. The van der Waals surface area contributed by atoms with E-state index in [0.29, 0.717) is 30.5 Å². The fourth-order valence-corrected chi connectivity index (χ4v) is 5.27. The Morgan fingerprint density at radius 1 is 1.11 bits per heavy atom. The first-order valence-corrected chi connectivity index (χ1v) is 12.1. The second-order valence-electron chi connectivity index (χ2n) is 9.64. The number of fused-ring (bicyclic) bond motifs is 1. The van der Waals surface area contributed by atoms with Gasteiger partial charge in [0.25, 0.3) is 11.9 Å². The van der Waals surface area contributed by atoms with E-state index in [-0.39, 0.29) is 23.6 Å². The highest BCUT2D eigenvalue weighted by atomic mass is 19.1. The van der Waals surface area contributed by atoms with Crippen molar-refractivity contribution in [2.75, 3.05) is 26.2 Å². The fourth-order valence-electron chi connectivity index (χ4n) is 5.27. The molecule has 0 radical (unpaired) electrons. The van der Waals surface area contributed by atoms with E-state index in [9.17, 15) is 19.1 Å². The van der Waals surface area contributed by atoms with Crippen molar-refractivity contribution < 1.29 is 23.6 Å². The Hall–Kier alpha value is -3.34. The average Bonchev–Trinajstić information content (AvgIpc) is 3.50. The van der Waals surface area contributed by atoms with Gasteiger partial charge in [0.05, 0.1) is 5.69 Å². The maximum Gasteiger partial charge on any atom is 0.291 e. The van der Waals surface area contributed by atoms with Crippen LogP contribution in [0.25, 0.3) is 16.9 Å². The minimum atomic E-state index is -1.64. The number of likely N-dealkylation sites (tertiary alicyclic amines) is 2. The molecule has 0 N–H and O–H groups in total. The van der Waals surface area contributed by atoms with Crippen LogP contribution in [-0.4, -0.2) is 73.8 Å². The molecular weight excluding hydrogens is 455 g/mol. The molecule has 5 rings (SSSR count). The number of benzene rings is 1. The lowest BCUT2D eigenvalue weighted by Gasteiger charge is -2.41. The average molecular weight is 484 g/mol. The molecule has 10 nitrogen and oxygen atoms in total. The van der Waals surface area contributed by atoms with Crippen LogP contribution >= 0.6 is 0 Å². The number of hydrogen-bond donors (Lipinski definition) is 0. The van der Waals surface area contributed by atoms with Crippen LogP contribution < -0.4 is 5.11 Å². The number of amides is 1. The first-order valence-electron chi connectivity index (χ1n) is 12.1. The van der Waals surface area contributed by atoms with Crippen molar-refractivity contribution >= 4 is 22.8 Å². The molecule has 2 fully saturated rings. The van der Waals surface area contributed by atoms with Crippen molar-refractivity contribution in [3.63, 3.8) is 0 Å². The Kier molecular flexibility index (Phi) is 6.26. The summed E-state index contributed by atoms with van der Waals surface area (Å²) >= 11 is 0. The number of aliphatic carboxylic acids is 1. The monoisotopic (exact) mass is 483 g/mol. The van der Waals surface area contributed by atoms with E-state index < -0.39 is 11.9 Å². The Morgan fingerprint density at radius 3 is 2.49 bits per heavy atom. The van der Waals surface area contributed by atoms with E-state index in [1.807, 2.05) is 19.9 Å². The van der Waals surface area contributed by atoms with Gasteiger partial charge in [0.1, 0.15) is 17.3 Å². The number of halogens is 1. The SMILES string of the molecule is CC(C)c1nn(-c2noc(C3CCN(C4CCN(C(=O)C(=O)[O-])CC4)CC3)n2)c2c(F)cccc12. The van der Waals surface area contributed by atoms with Crippen LogP contribution in [0.1, 0.15) is 63.0 Å². The van der Waals surface area contributed by atoms with Gasteiger partial charge in [0.15, 0.2) is 0 Å². The molecule has 11 heteroatoms. The zero-order valence-electron chi connectivity index (χ0n) is 19.8. The van der Waals surface area contributed by atoms with Crippen LogP contribution in [-0.2, 0) is 9.59 Å². The largest absolute Gasteiger partial charge is 0.540 e. The first-order chi connectivity index (χ1) is 16.8. The number of carbonyl (C=O) groups is 2. The molecule has 2 aliphatic rings. The zero-order chi connectivity index (χ0) is 24.7. The van der Waals surface area contributed by atoms with Crippen molar-refractivity contribution in [3.05, 3.63) is 35.6 Å². The Balaban J connectivity index is 1.25. The number of nitrogens with zero attached hydrogens (tertiary/aromatic N) is 6. The van der Waals surface area contributed by atoms with Gasteiger partial charge in [-0.05, 0) is 55.9 Å². The van der Waals surface area contributed by atoms with Crippen LogP contribution in [0, 0.1) is 5.82 Å². The van der Waals surface area contributed by atoms with Gasteiger partial charge in [0.2, 0.25) is 5.89 Å². The second-order valence-corrected chi connectivity index (χ2v) is 9.64. The first kappa shape index (κ1) is 23.4. The molecule has 0 atom stereocenters. The number of para-hydroxylation sites is 1. The van der Waals surface area contributed by atoms with Gasteiger partial charge in [-0.3, -0.25) is 4.79 Å². The Morgan fingerprint density at radius 2 is 1.83 bits per heavy atom. The van der Waals surface area contributed by atoms with Crippen LogP contribution in [0.5, 0.6) is 0 Å². The van der Waals surface area contributed by atoms with E-state index in [1.54, 1.807) is 6.07 Å². The van der Waals surface area contributed by atoms with Gasteiger partial charge in [-0.15, -0.1) is 0 Å². The number of carboxylic acids is 1. The lowest BCUT2D eigenvalue weighted by Crippen LogP contribution is -2.52. The number of aromatic nitrogens is 4. The van der Waals surface area contributed by atoms with E-state index in [1.165, 1.54) is 15.6 Å². The third-order valence-corrected chi connectivity index (χ3v) is 7.17. The van der Waals surface area contributed by atoms with Crippen molar-refractivity contribution in [1.29, 1.82) is 0 Å². The third-order valence-electron chi connectivity index (χ3n) is 7.17. The van der Waals surface area contributed by atoms with Crippen molar-refractivity contribution in [2.45, 2.75) is 57.4 Å². The van der Waals surface area contributed by atoms with E-state index in [0.717, 1.165) is 49.9 Å². The number of piperidine rings is 2. The molecule has 0 unspecified atom stereocenters. The molecule has 3 aromatic rings. The second kappa shape index (κ2) is 9.37. The molecule has 1 amide bonds. The number of hydrogen-bond acceptors (Lipinski definition) is 8. The van der Waals surface area contributed by atoms with Crippen molar-refractivity contribution in [3.8, 4) is 5.95 Å². The summed E-state index contributed by atoms with van der Waals surface area (Å²) in [5.74, 6) is -1.98. The van der Waals surface area contributed by atoms with E-state index in [4.69, 9.17) is 4.52 Å². The Labute approximate surface area is 201 Å². The molecule has 4 heterocycles. The van der Waals surface area contributed by atoms with Crippen molar-refractivity contribution in [2.24, 2.45) is 0 Å². The number of carbonyl (C=O) groups excluding carboxylic acids is 2. The fraction of sp³-hybridized carbons (Fsp3) is 0.542. The summed E-state index contributed by atoms with van der Waals surface area (Å²) in [5.41, 5.74) is 1.13. The minimum Gasteiger partial charge on any atom is -0.540 e. The normalized spacial score (nSPS) is 18.6. The summed E-state index contributed by atoms with van der Waals surface area (Å²) in [6, 6.07) is 5.25. The lowest BCUT2D eigenvalue weighted by molar-refractivity contribution is -0.301. The molecule has 0 spiro atoms. The van der Waals surface area contributed by atoms with Gasteiger partial charge in [-0.25, -0.2) is 4.39 Å². The lowest BCUT2D eigenvalue weighted by atomic mass is 9.93. The van der Waals surface area contributed by atoms with Crippen LogP contribution in [0.2, 0.25) is 0 Å². The molecule has 0 aliphatic carbocycles. The number of rotatable bonds is 4. The molecule has 2 saturated heterocycles. The number of carboxylic acid groups (broad SMARTS) is 1. The van der Waals surface area contributed by atoms with Gasteiger partial charge < -0.3 is 24.2 Å². The Bertz CT molecular complexity index is 1240. The topological polar surface area (TPSA) is 120 Å². The maximum atomic E-state index is 14.7. The van der Waals surface area contributed by atoms with Gasteiger partial charge in [-0.2, -0.15) is 14.8 Å². The summed E-state index contributed by atoms with van der Waals surface area (Å²) < 4.78 is 21.7. The van der Waals surface area contributed by atoms with Crippen LogP contribution in [0.15, 0.2) is 22.7 Å². The molecular formula is C24H28FN6O4-. The summed E-state index contributed by atoms with van der Waals surface area (Å²) in [7, 11) is 0. The molecule has 0 bridgehead atoms. The third kappa shape index (κ3) is 4.40. The van der Waals surface area contributed by atoms with E-state index >= 15 is 0 Å². The molecule has 2 aliphatic heterocycles. The smallest absolute Gasteiger partial charge is 0.291 e. The summed E-state index contributed by atoms with van der Waals surface area (Å²) in [6.07, 6.45) is 3.16. The van der Waals surface area contributed by atoms with Crippen LogP contribution in [0.3, 0.4) is 0 Å². The summed E-state index contributed by atoms with van der Waals surface area (Å²) in [5, 5.41) is 20.3. The maximum absolute atomic E-state index is 14.7. The summed E-state index contributed by atoms with van der Waals surface area (Å²) in [6.45, 7) is 6.57. The summed E-state index contributed by atoms with van der Waals surface area (Å²) in [4.78, 5) is 30.7. The van der Waals surface area contributed by atoms with E-state index in [2.05, 4.69) is 20.1 Å². The van der Waals surface area contributed by atoms with Gasteiger partial charge in [-0.1, -0.05) is 26.0 Å². The molecule has 186 valence electrons. The molecule has 0 saturated carbocycles. The standard InChI is InChI=1S/C24H29FN6O4/c1-14(2)19-17-4-3-5-18(25)20(17)31(27-19)24-26-21(35-28-24)15-6-10-29(11-7-15)16-8-12-30(13-9-16)22(32)23(33)34/h3-5,14-16H,6-13H2,1-2H3,(H,33,34)/p-1. The zero-order valence-corrected chi connectivity index (χ0v) is 19.8. The van der Waals surface area contributed by atoms with Crippen LogP contribution in [0.4, 0.5) is 4.39 Å². The predicted octanol–water partition coefficient (Wildman–Crippen LogP) is 1.59. The highest BCUT2D eigenvalue weighted by Gasteiger charge is 2.32. The van der Waals surface area contributed by atoms with Crippen molar-refractivity contribution in [1.82, 2.24) is 29.7 Å². The molecule has 2 aromatic heterocycles. The predicted molar refractivity (Wildman–Crippen MR) is 121 cm³/mol. The quantitative estimate of drug-likeness (QED) is 0.513. The highest BCUT2D eigenvalue weighted by molar-refractivity contribution is 6.30. The van der Waals surface area contributed by atoms with Gasteiger partial charge >= 0.3 is 0 Å². The van der Waals surface area contributed by atoms with Gasteiger partial charge in [0, 0.05) is 30.4 Å².